The van der Waals surface area contributed by atoms with Crippen LogP contribution in [0.25, 0.3) is 0 Å². The van der Waals surface area contributed by atoms with Crippen LogP contribution < -0.4 is 10.2 Å². The fraction of sp³-hybridized carbons (Fsp3) is 0.259. The van der Waals surface area contributed by atoms with Gasteiger partial charge in [0.2, 0.25) is 11.8 Å². The van der Waals surface area contributed by atoms with Gasteiger partial charge in [0.15, 0.2) is 0 Å². The standard InChI is InChI=1S/C27H28ClN3O2/c1-20-7-5-6-10-22(20)19-25(32)31-17-15-30(16-18-31)24-13-11-23(12-14-24)29-27(33)26(28)21-8-3-2-4-9-21/h2-14,26H,15-19H2,1H3,(H,29,33). The monoisotopic (exact) mass is 461 g/mol. The molecule has 1 saturated heterocycles. The van der Waals surface area contributed by atoms with Gasteiger partial charge in [-0.3, -0.25) is 9.59 Å². The van der Waals surface area contributed by atoms with Crippen molar-refractivity contribution in [2.24, 2.45) is 0 Å². The molecule has 1 unspecified atom stereocenters. The molecular formula is C27H28ClN3O2. The van der Waals surface area contributed by atoms with Gasteiger partial charge in [-0.25, -0.2) is 0 Å². The number of halogens is 1. The number of carbonyl (C=O) groups excluding carboxylic acids is 2. The highest BCUT2D eigenvalue weighted by molar-refractivity contribution is 6.32. The van der Waals surface area contributed by atoms with Crippen LogP contribution in [0.5, 0.6) is 0 Å². The molecule has 0 spiro atoms. The van der Waals surface area contributed by atoms with Crippen molar-refractivity contribution < 1.29 is 9.59 Å². The predicted molar refractivity (Wildman–Crippen MR) is 134 cm³/mol. The Hall–Kier alpha value is -3.31. The third kappa shape index (κ3) is 5.74. The molecule has 0 saturated carbocycles. The maximum atomic E-state index is 12.7. The molecule has 1 heterocycles. The second-order valence-corrected chi connectivity index (χ2v) is 8.72. The summed E-state index contributed by atoms with van der Waals surface area (Å²) in [4.78, 5) is 29.4. The highest BCUT2D eigenvalue weighted by atomic mass is 35.5. The van der Waals surface area contributed by atoms with E-state index in [0.717, 1.165) is 35.5 Å². The van der Waals surface area contributed by atoms with Crippen LogP contribution in [0.2, 0.25) is 0 Å². The second-order valence-electron chi connectivity index (χ2n) is 8.28. The molecule has 1 aliphatic rings. The lowest BCUT2D eigenvalue weighted by Crippen LogP contribution is -2.49. The predicted octanol–water partition coefficient (Wildman–Crippen LogP) is 4.80. The Morgan fingerprint density at radius 3 is 2.18 bits per heavy atom. The summed E-state index contributed by atoms with van der Waals surface area (Å²) >= 11 is 6.31. The van der Waals surface area contributed by atoms with Gasteiger partial charge in [0.1, 0.15) is 5.38 Å². The SMILES string of the molecule is Cc1ccccc1CC(=O)N1CCN(c2ccc(NC(=O)C(Cl)c3ccccc3)cc2)CC1. The number of benzene rings is 3. The summed E-state index contributed by atoms with van der Waals surface area (Å²) < 4.78 is 0. The molecule has 6 heteroatoms. The van der Waals surface area contributed by atoms with Crippen molar-refractivity contribution in [3.63, 3.8) is 0 Å². The molecule has 5 nitrogen and oxygen atoms in total. The molecule has 1 fully saturated rings. The van der Waals surface area contributed by atoms with Crippen LogP contribution in [0, 0.1) is 6.92 Å². The second kappa shape index (κ2) is 10.5. The normalized spacial score (nSPS) is 14.6. The zero-order valence-corrected chi connectivity index (χ0v) is 19.5. The summed E-state index contributed by atoms with van der Waals surface area (Å²) in [6, 6.07) is 25.1. The number of carbonyl (C=O) groups is 2. The molecule has 170 valence electrons. The summed E-state index contributed by atoms with van der Waals surface area (Å²) in [5.74, 6) is -0.0764. The molecule has 0 bridgehead atoms. The van der Waals surface area contributed by atoms with Gasteiger partial charge < -0.3 is 15.1 Å². The number of hydrogen-bond donors (Lipinski definition) is 1. The van der Waals surface area contributed by atoms with E-state index in [4.69, 9.17) is 11.6 Å². The number of rotatable bonds is 6. The van der Waals surface area contributed by atoms with E-state index in [9.17, 15) is 9.59 Å². The zero-order chi connectivity index (χ0) is 23.2. The molecular weight excluding hydrogens is 434 g/mol. The van der Waals surface area contributed by atoms with Gasteiger partial charge in [0.05, 0.1) is 6.42 Å². The number of alkyl halides is 1. The number of piperazine rings is 1. The van der Waals surface area contributed by atoms with Gasteiger partial charge in [-0.2, -0.15) is 0 Å². The van der Waals surface area contributed by atoms with Crippen molar-refractivity contribution in [1.82, 2.24) is 4.90 Å². The fourth-order valence-electron chi connectivity index (χ4n) is 4.03. The molecule has 2 amide bonds. The summed E-state index contributed by atoms with van der Waals surface area (Å²) in [5.41, 5.74) is 4.79. The van der Waals surface area contributed by atoms with E-state index in [1.807, 2.05) is 90.7 Å². The molecule has 33 heavy (non-hydrogen) atoms. The van der Waals surface area contributed by atoms with Crippen molar-refractivity contribution in [2.45, 2.75) is 18.7 Å². The zero-order valence-electron chi connectivity index (χ0n) is 18.7. The lowest BCUT2D eigenvalue weighted by atomic mass is 10.1. The van der Waals surface area contributed by atoms with Crippen molar-refractivity contribution >= 4 is 34.8 Å². The average Bonchev–Trinajstić information content (AvgIpc) is 2.86. The number of amides is 2. The molecule has 1 aliphatic heterocycles. The molecule has 3 aromatic carbocycles. The minimum atomic E-state index is -0.740. The topological polar surface area (TPSA) is 52.7 Å². The molecule has 3 aromatic rings. The van der Waals surface area contributed by atoms with Crippen molar-refractivity contribution in [1.29, 1.82) is 0 Å². The van der Waals surface area contributed by atoms with Crippen LogP contribution in [0.1, 0.15) is 22.1 Å². The van der Waals surface area contributed by atoms with E-state index < -0.39 is 5.38 Å². The quantitative estimate of drug-likeness (QED) is 0.536. The molecule has 1 atom stereocenters. The maximum absolute atomic E-state index is 12.7. The Bertz CT molecular complexity index is 1090. The van der Waals surface area contributed by atoms with Crippen LogP contribution in [0.4, 0.5) is 11.4 Å². The van der Waals surface area contributed by atoms with Gasteiger partial charge in [-0.15, -0.1) is 11.6 Å². The average molecular weight is 462 g/mol. The van der Waals surface area contributed by atoms with Crippen LogP contribution in [-0.2, 0) is 16.0 Å². The van der Waals surface area contributed by atoms with Crippen molar-refractivity contribution in [2.75, 3.05) is 36.4 Å². The third-order valence-electron chi connectivity index (χ3n) is 6.06. The van der Waals surface area contributed by atoms with E-state index in [-0.39, 0.29) is 11.8 Å². The molecule has 1 N–H and O–H groups in total. The Labute approximate surface area is 200 Å². The Balaban J connectivity index is 1.29. The number of nitrogens with zero attached hydrogens (tertiary/aromatic N) is 2. The minimum absolute atomic E-state index is 0.177. The van der Waals surface area contributed by atoms with Crippen LogP contribution >= 0.6 is 11.6 Å². The van der Waals surface area contributed by atoms with Gasteiger partial charge in [0, 0.05) is 37.6 Å². The lowest BCUT2D eigenvalue weighted by molar-refractivity contribution is -0.130. The molecule has 4 rings (SSSR count). The lowest BCUT2D eigenvalue weighted by Gasteiger charge is -2.36. The molecule has 0 radical (unpaired) electrons. The highest BCUT2D eigenvalue weighted by Crippen LogP contribution is 2.24. The summed E-state index contributed by atoms with van der Waals surface area (Å²) in [6.45, 7) is 5.01. The first-order valence-corrected chi connectivity index (χ1v) is 11.6. The van der Waals surface area contributed by atoms with Gasteiger partial charge in [0.25, 0.3) is 0 Å². The largest absolute Gasteiger partial charge is 0.368 e. The number of nitrogens with one attached hydrogen (secondary N) is 1. The number of aryl methyl sites for hydroxylation is 1. The summed E-state index contributed by atoms with van der Waals surface area (Å²) in [7, 11) is 0. The highest BCUT2D eigenvalue weighted by Gasteiger charge is 2.22. The Morgan fingerprint density at radius 2 is 1.52 bits per heavy atom. The Kier molecular flexibility index (Phi) is 7.30. The summed E-state index contributed by atoms with van der Waals surface area (Å²) in [5, 5.41) is 2.14. The van der Waals surface area contributed by atoms with E-state index in [0.29, 0.717) is 25.2 Å². The van der Waals surface area contributed by atoms with E-state index >= 15 is 0 Å². The van der Waals surface area contributed by atoms with Crippen LogP contribution in [0.15, 0.2) is 78.9 Å². The minimum Gasteiger partial charge on any atom is -0.368 e. The smallest absolute Gasteiger partial charge is 0.246 e. The Morgan fingerprint density at radius 1 is 0.879 bits per heavy atom. The summed E-state index contributed by atoms with van der Waals surface area (Å²) in [6.07, 6.45) is 0.450. The molecule has 0 aliphatic carbocycles. The number of anilines is 2. The van der Waals surface area contributed by atoms with Crippen molar-refractivity contribution in [3.8, 4) is 0 Å². The first-order chi connectivity index (χ1) is 16.0. The first-order valence-electron chi connectivity index (χ1n) is 11.2. The van der Waals surface area contributed by atoms with Crippen LogP contribution in [-0.4, -0.2) is 42.9 Å². The van der Waals surface area contributed by atoms with Crippen LogP contribution in [0.3, 0.4) is 0 Å². The fourth-order valence-corrected chi connectivity index (χ4v) is 4.23. The van der Waals surface area contributed by atoms with E-state index in [2.05, 4.69) is 10.2 Å². The van der Waals surface area contributed by atoms with Gasteiger partial charge >= 0.3 is 0 Å². The molecule has 0 aromatic heterocycles. The van der Waals surface area contributed by atoms with Gasteiger partial charge in [-0.05, 0) is 47.9 Å². The van der Waals surface area contributed by atoms with Gasteiger partial charge in [-0.1, -0.05) is 54.6 Å². The first kappa shape index (κ1) is 22.9. The van der Waals surface area contributed by atoms with E-state index in [1.165, 1.54) is 0 Å². The number of hydrogen-bond acceptors (Lipinski definition) is 3. The third-order valence-corrected chi connectivity index (χ3v) is 6.51. The van der Waals surface area contributed by atoms with Crippen molar-refractivity contribution in [3.05, 3.63) is 95.6 Å². The maximum Gasteiger partial charge on any atom is 0.246 e. The van der Waals surface area contributed by atoms with E-state index in [1.54, 1.807) is 0 Å².